The largest absolute Gasteiger partial charge is 0.314 e. The first-order chi connectivity index (χ1) is 7.70. The molecule has 2 N–H and O–H groups in total. The van der Waals surface area contributed by atoms with E-state index in [2.05, 4.69) is 31.4 Å². The van der Waals surface area contributed by atoms with Gasteiger partial charge in [0.15, 0.2) is 0 Å². The van der Waals surface area contributed by atoms with E-state index in [1.165, 1.54) is 6.07 Å². The van der Waals surface area contributed by atoms with Gasteiger partial charge in [0, 0.05) is 22.3 Å². The molecular weight excluding hydrogens is 273 g/mol. The Hall–Kier alpha value is -1.20. The predicted molar refractivity (Wildman–Crippen MR) is 64.4 cm³/mol. The van der Waals surface area contributed by atoms with Crippen LogP contribution in [0.3, 0.4) is 0 Å². The van der Waals surface area contributed by atoms with Crippen molar-refractivity contribution in [3.8, 4) is 11.3 Å². The number of hydrogen-bond donors (Lipinski definition) is 2. The highest BCUT2D eigenvalue weighted by molar-refractivity contribution is 9.10. The van der Waals surface area contributed by atoms with Gasteiger partial charge in [-0.05, 0) is 31.3 Å². The van der Waals surface area contributed by atoms with Gasteiger partial charge in [0.25, 0.3) is 0 Å². The molecule has 0 saturated carbocycles. The molecule has 0 fully saturated rings. The van der Waals surface area contributed by atoms with Crippen molar-refractivity contribution in [1.29, 1.82) is 0 Å². The summed E-state index contributed by atoms with van der Waals surface area (Å²) in [6.45, 7) is 0.686. The van der Waals surface area contributed by atoms with Crippen LogP contribution in [0.15, 0.2) is 28.7 Å². The fraction of sp³-hybridized carbons (Fsp3) is 0.182. The molecule has 2 rings (SSSR count). The van der Waals surface area contributed by atoms with Crippen molar-refractivity contribution in [2.75, 3.05) is 7.05 Å². The normalized spacial score (nSPS) is 10.7. The molecule has 0 bridgehead atoms. The van der Waals surface area contributed by atoms with E-state index in [4.69, 9.17) is 0 Å². The number of aromatic nitrogens is 2. The van der Waals surface area contributed by atoms with Crippen molar-refractivity contribution in [2.45, 2.75) is 6.54 Å². The molecule has 84 valence electrons. The maximum atomic E-state index is 13.6. The number of halogens is 2. The van der Waals surface area contributed by atoms with E-state index in [0.717, 1.165) is 10.2 Å². The van der Waals surface area contributed by atoms with Gasteiger partial charge in [0.1, 0.15) is 5.82 Å². The first-order valence-electron chi connectivity index (χ1n) is 4.85. The Balaban J connectivity index is 2.35. The highest BCUT2D eigenvalue weighted by atomic mass is 79.9. The summed E-state index contributed by atoms with van der Waals surface area (Å²) in [6.07, 6.45) is 0. The van der Waals surface area contributed by atoms with E-state index in [1.54, 1.807) is 12.1 Å². The molecule has 2 aromatic rings. The van der Waals surface area contributed by atoms with E-state index in [-0.39, 0.29) is 5.82 Å². The van der Waals surface area contributed by atoms with Crippen molar-refractivity contribution in [2.24, 2.45) is 0 Å². The van der Waals surface area contributed by atoms with Gasteiger partial charge in [0.2, 0.25) is 0 Å². The zero-order valence-electron chi connectivity index (χ0n) is 8.72. The standard InChI is InChI=1S/C11H11BrFN3/c1-14-6-8-5-11(16-15-8)9-3-2-7(12)4-10(9)13/h2-5,14H,6H2,1H3,(H,15,16). The summed E-state index contributed by atoms with van der Waals surface area (Å²) in [5.74, 6) is -0.281. The molecule has 5 heteroatoms. The highest BCUT2D eigenvalue weighted by Gasteiger charge is 2.08. The second kappa shape index (κ2) is 4.76. The van der Waals surface area contributed by atoms with Gasteiger partial charge in [-0.2, -0.15) is 5.10 Å². The fourth-order valence-corrected chi connectivity index (χ4v) is 1.81. The number of rotatable bonds is 3. The van der Waals surface area contributed by atoms with Crippen LogP contribution in [0.1, 0.15) is 5.69 Å². The molecule has 0 spiro atoms. The average molecular weight is 284 g/mol. The lowest BCUT2D eigenvalue weighted by atomic mass is 10.1. The molecular formula is C11H11BrFN3. The second-order valence-corrected chi connectivity index (χ2v) is 4.35. The third-order valence-electron chi connectivity index (χ3n) is 2.21. The van der Waals surface area contributed by atoms with Crippen molar-refractivity contribution < 1.29 is 4.39 Å². The maximum Gasteiger partial charge on any atom is 0.133 e. The first kappa shape index (κ1) is 11.3. The molecule has 0 radical (unpaired) electrons. The summed E-state index contributed by atoms with van der Waals surface area (Å²) in [7, 11) is 1.85. The maximum absolute atomic E-state index is 13.6. The molecule has 0 amide bonds. The van der Waals surface area contributed by atoms with Crippen molar-refractivity contribution in [3.05, 3.63) is 40.2 Å². The summed E-state index contributed by atoms with van der Waals surface area (Å²) >= 11 is 3.22. The quantitative estimate of drug-likeness (QED) is 0.909. The van der Waals surface area contributed by atoms with Crippen LogP contribution in [0.2, 0.25) is 0 Å². The minimum Gasteiger partial charge on any atom is -0.314 e. The molecule has 16 heavy (non-hydrogen) atoms. The van der Waals surface area contributed by atoms with Gasteiger partial charge < -0.3 is 5.32 Å². The third kappa shape index (κ3) is 2.31. The molecule has 0 aliphatic heterocycles. The number of H-pyrrole nitrogens is 1. The van der Waals surface area contributed by atoms with Gasteiger partial charge in [-0.25, -0.2) is 4.39 Å². The second-order valence-electron chi connectivity index (χ2n) is 3.43. The zero-order valence-corrected chi connectivity index (χ0v) is 10.3. The van der Waals surface area contributed by atoms with Crippen LogP contribution in [-0.2, 0) is 6.54 Å². The monoisotopic (exact) mass is 283 g/mol. The van der Waals surface area contributed by atoms with Crippen molar-refractivity contribution in [1.82, 2.24) is 15.5 Å². The van der Waals surface area contributed by atoms with E-state index in [0.29, 0.717) is 17.8 Å². The van der Waals surface area contributed by atoms with Gasteiger partial charge >= 0.3 is 0 Å². The Kier molecular flexibility index (Phi) is 3.36. The highest BCUT2D eigenvalue weighted by Crippen LogP contribution is 2.24. The zero-order chi connectivity index (χ0) is 11.5. The summed E-state index contributed by atoms with van der Waals surface area (Å²) in [5, 5.41) is 9.93. The molecule has 3 nitrogen and oxygen atoms in total. The number of nitrogens with one attached hydrogen (secondary N) is 2. The lowest BCUT2D eigenvalue weighted by Crippen LogP contribution is -2.04. The molecule has 0 saturated heterocycles. The molecule has 0 aliphatic carbocycles. The molecule has 1 heterocycles. The van der Waals surface area contributed by atoms with Crippen LogP contribution >= 0.6 is 15.9 Å². The molecule has 0 atom stereocenters. The van der Waals surface area contributed by atoms with Crippen LogP contribution in [0.5, 0.6) is 0 Å². The van der Waals surface area contributed by atoms with Gasteiger partial charge in [-0.3, -0.25) is 5.10 Å². The summed E-state index contributed by atoms with van der Waals surface area (Å²) in [6, 6.07) is 6.77. The Bertz CT molecular complexity index is 496. The average Bonchev–Trinajstić information content (AvgIpc) is 2.67. The number of hydrogen-bond acceptors (Lipinski definition) is 2. The Morgan fingerprint density at radius 1 is 1.44 bits per heavy atom. The van der Waals surface area contributed by atoms with Crippen molar-refractivity contribution in [3.63, 3.8) is 0 Å². The number of benzene rings is 1. The fourth-order valence-electron chi connectivity index (χ4n) is 1.48. The van der Waals surface area contributed by atoms with E-state index in [9.17, 15) is 4.39 Å². The smallest absolute Gasteiger partial charge is 0.133 e. The third-order valence-corrected chi connectivity index (χ3v) is 2.70. The van der Waals surface area contributed by atoms with Crippen LogP contribution in [-0.4, -0.2) is 17.2 Å². The molecule has 0 aliphatic rings. The Morgan fingerprint density at radius 3 is 2.94 bits per heavy atom. The number of aromatic amines is 1. The van der Waals surface area contributed by atoms with E-state index in [1.807, 2.05) is 13.1 Å². The van der Waals surface area contributed by atoms with Crippen LogP contribution in [0, 0.1) is 5.82 Å². The Labute approximate surface area is 101 Å². The first-order valence-corrected chi connectivity index (χ1v) is 5.64. The van der Waals surface area contributed by atoms with Crippen LogP contribution in [0.4, 0.5) is 4.39 Å². The van der Waals surface area contributed by atoms with Gasteiger partial charge in [-0.1, -0.05) is 15.9 Å². The van der Waals surface area contributed by atoms with Crippen LogP contribution in [0.25, 0.3) is 11.3 Å². The summed E-state index contributed by atoms with van der Waals surface area (Å²) in [4.78, 5) is 0. The minimum atomic E-state index is -0.281. The van der Waals surface area contributed by atoms with Crippen molar-refractivity contribution >= 4 is 15.9 Å². The lowest BCUT2D eigenvalue weighted by Gasteiger charge is -1.99. The van der Waals surface area contributed by atoms with E-state index >= 15 is 0 Å². The van der Waals surface area contributed by atoms with E-state index < -0.39 is 0 Å². The summed E-state index contributed by atoms with van der Waals surface area (Å²) in [5.41, 5.74) is 2.05. The Morgan fingerprint density at radius 2 is 2.25 bits per heavy atom. The molecule has 1 aromatic heterocycles. The summed E-state index contributed by atoms with van der Waals surface area (Å²) < 4.78 is 14.4. The SMILES string of the molecule is CNCc1cc(-c2ccc(Br)cc2F)n[nH]1. The van der Waals surface area contributed by atoms with Crippen LogP contribution < -0.4 is 5.32 Å². The predicted octanol–water partition coefficient (Wildman–Crippen LogP) is 2.70. The van der Waals surface area contributed by atoms with Gasteiger partial charge in [-0.15, -0.1) is 0 Å². The molecule has 0 unspecified atom stereocenters. The molecule has 1 aromatic carbocycles. The van der Waals surface area contributed by atoms with Gasteiger partial charge in [0.05, 0.1) is 5.69 Å². The number of nitrogens with zero attached hydrogens (tertiary/aromatic N) is 1. The topological polar surface area (TPSA) is 40.7 Å². The minimum absolute atomic E-state index is 0.281. The lowest BCUT2D eigenvalue weighted by molar-refractivity contribution is 0.630.